The molecule has 1 aliphatic rings. The summed E-state index contributed by atoms with van der Waals surface area (Å²) in [7, 11) is 0. The van der Waals surface area contributed by atoms with E-state index >= 15 is 0 Å². The molecule has 0 aromatic carbocycles. The van der Waals surface area contributed by atoms with E-state index in [0.29, 0.717) is 13.0 Å². The highest BCUT2D eigenvalue weighted by atomic mass is 16.2. The summed E-state index contributed by atoms with van der Waals surface area (Å²) in [4.78, 5) is 13.2. The Bertz CT molecular complexity index is 282. The van der Waals surface area contributed by atoms with Crippen LogP contribution in [-0.4, -0.2) is 28.9 Å². The molecule has 2 atom stereocenters. The smallest absolute Gasteiger partial charge is 0.225 e. The normalized spacial score (nSPS) is 26.4. The Morgan fingerprint density at radius 1 is 1.71 bits per heavy atom. The van der Waals surface area contributed by atoms with Crippen molar-refractivity contribution in [1.29, 1.82) is 5.26 Å². The van der Waals surface area contributed by atoms with Gasteiger partial charge in [-0.25, -0.2) is 0 Å². The summed E-state index contributed by atoms with van der Waals surface area (Å²) < 4.78 is 0. The molecule has 78 valence electrons. The molecule has 0 aliphatic carbocycles. The molecule has 0 saturated carbocycles. The minimum atomic E-state index is -0.717. The van der Waals surface area contributed by atoms with Gasteiger partial charge in [0.25, 0.3) is 0 Å². The molecule has 4 heteroatoms. The predicted octanol–water partition coefficient (Wildman–Crippen LogP) is 0.484. The lowest BCUT2D eigenvalue weighted by molar-refractivity contribution is -0.132. The number of nitrogens with zero attached hydrogens (tertiary/aromatic N) is 2. The molecule has 1 aliphatic heterocycles. The van der Waals surface area contributed by atoms with Crippen molar-refractivity contribution in [3.8, 4) is 6.07 Å². The van der Waals surface area contributed by atoms with Crippen LogP contribution in [0, 0.1) is 17.2 Å². The second kappa shape index (κ2) is 3.58. The number of nitriles is 1. The Kier molecular flexibility index (Phi) is 2.81. The summed E-state index contributed by atoms with van der Waals surface area (Å²) in [5.41, 5.74) is 4.98. The third-order valence-corrected chi connectivity index (χ3v) is 3.07. The third kappa shape index (κ3) is 1.60. The molecule has 14 heavy (non-hydrogen) atoms. The zero-order chi connectivity index (χ0) is 10.9. The first-order valence-electron chi connectivity index (χ1n) is 4.89. The van der Waals surface area contributed by atoms with Crippen molar-refractivity contribution in [2.24, 2.45) is 11.7 Å². The molecule has 1 heterocycles. The summed E-state index contributed by atoms with van der Waals surface area (Å²) in [6.07, 6.45) is 0.365. The molecule has 2 N–H and O–H groups in total. The fraction of sp³-hybridized carbons (Fsp3) is 0.800. The minimum absolute atomic E-state index is 0.00440. The van der Waals surface area contributed by atoms with Gasteiger partial charge in [-0.3, -0.25) is 4.79 Å². The van der Waals surface area contributed by atoms with Gasteiger partial charge in [0.05, 0.1) is 6.07 Å². The first-order valence-corrected chi connectivity index (χ1v) is 4.89. The Labute approximate surface area is 84.7 Å². The van der Waals surface area contributed by atoms with E-state index in [4.69, 9.17) is 11.0 Å². The van der Waals surface area contributed by atoms with Crippen LogP contribution in [0.2, 0.25) is 0 Å². The van der Waals surface area contributed by atoms with Crippen LogP contribution >= 0.6 is 0 Å². The topological polar surface area (TPSA) is 70.1 Å². The third-order valence-electron chi connectivity index (χ3n) is 3.07. The van der Waals surface area contributed by atoms with Crippen molar-refractivity contribution in [1.82, 2.24) is 4.90 Å². The van der Waals surface area contributed by atoms with E-state index in [1.54, 1.807) is 11.8 Å². The molecule has 1 fully saturated rings. The van der Waals surface area contributed by atoms with Crippen molar-refractivity contribution in [2.45, 2.75) is 38.8 Å². The molecule has 4 nitrogen and oxygen atoms in total. The average molecular weight is 195 g/mol. The number of carbonyl (C=O) groups excluding carboxylic acids is 1. The SMILES string of the molecule is CC(C)C(C)(C#N)N1CC(N)CC1=O. The van der Waals surface area contributed by atoms with Gasteiger partial charge in [0, 0.05) is 19.0 Å². The fourth-order valence-corrected chi connectivity index (χ4v) is 1.69. The van der Waals surface area contributed by atoms with Gasteiger partial charge < -0.3 is 10.6 Å². The van der Waals surface area contributed by atoms with E-state index < -0.39 is 5.54 Å². The van der Waals surface area contributed by atoms with E-state index in [2.05, 4.69) is 6.07 Å². The monoisotopic (exact) mass is 195 g/mol. The number of likely N-dealkylation sites (tertiary alicyclic amines) is 1. The second-order valence-electron chi connectivity index (χ2n) is 4.38. The van der Waals surface area contributed by atoms with Gasteiger partial charge in [0.2, 0.25) is 5.91 Å². The second-order valence-corrected chi connectivity index (χ2v) is 4.38. The van der Waals surface area contributed by atoms with Gasteiger partial charge in [-0.05, 0) is 12.8 Å². The van der Waals surface area contributed by atoms with Crippen LogP contribution in [0.15, 0.2) is 0 Å². The molecule has 2 unspecified atom stereocenters. The molecule has 1 amide bonds. The lowest BCUT2D eigenvalue weighted by Gasteiger charge is -2.36. The highest BCUT2D eigenvalue weighted by Gasteiger charge is 2.42. The summed E-state index contributed by atoms with van der Waals surface area (Å²) in [5.74, 6) is 0.108. The van der Waals surface area contributed by atoms with E-state index in [0.717, 1.165) is 0 Å². The number of rotatable bonds is 2. The molecule has 0 aromatic heterocycles. The Morgan fingerprint density at radius 2 is 2.29 bits per heavy atom. The van der Waals surface area contributed by atoms with E-state index in [-0.39, 0.29) is 17.9 Å². The summed E-state index contributed by atoms with van der Waals surface area (Å²) in [6, 6.07) is 2.10. The largest absolute Gasteiger partial charge is 0.326 e. The summed E-state index contributed by atoms with van der Waals surface area (Å²) >= 11 is 0. The lowest BCUT2D eigenvalue weighted by atomic mass is 9.88. The van der Waals surface area contributed by atoms with Gasteiger partial charge in [-0.15, -0.1) is 0 Å². The Hall–Kier alpha value is -1.08. The number of hydrogen-bond acceptors (Lipinski definition) is 3. The Morgan fingerprint density at radius 3 is 2.57 bits per heavy atom. The van der Waals surface area contributed by atoms with Crippen LogP contribution in [0.1, 0.15) is 27.2 Å². The van der Waals surface area contributed by atoms with Gasteiger partial charge in [0.15, 0.2) is 0 Å². The van der Waals surface area contributed by atoms with Gasteiger partial charge in [0.1, 0.15) is 5.54 Å². The average Bonchev–Trinajstić information content (AvgIpc) is 2.44. The van der Waals surface area contributed by atoms with E-state index in [9.17, 15) is 4.79 Å². The maximum Gasteiger partial charge on any atom is 0.225 e. The number of nitrogens with two attached hydrogens (primary N) is 1. The van der Waals surface area contributed by atoms with E-state index in [1.165, 1.54) is 0 Å². The molecule has 0 bridgehead atoms. The van der Waals surface area contributed by atoms with Crippen LogP contribution in [-0.2, 0) is 4.79 Å². The highest BCUT2D eigenvalue weighted by molar-refractivity contribution is 5.80. The molecule has 0 spiro atoms. The quantitative estimate of drug-likeness (QED) is 0.697. The predicted molar refractivity (Wildman–Crippen MR) is 53.2 cm³/mol. The van der Waals surface area contributed by atoms with Gasteiger partial charge in [-0.1, -0.05) is 13.8 Å². The van der Waals surface area contributed by atoms with E-state index in [1.807, 2.05) is 13.8 Å². The van der Waals surface area contributed by atoms with Crippen LogP contribution < -0.4 is 5.73 Å². The number of amides is 1. The van der Waals surface area contributed by atoms with Crippen molar-refractivity contribution in [2.75, 3.05) is 6.54 Å². The standard InChI is InChI=1S/C10H17N3O/c1-7(2)10(3,6-11)13-5-8(12)4-9(13)14/h7-8H,4-5,12H2,1-3H3. The number of hydrogen-bond donors (Lipinski definition) is 1. The maximum absolute atomic E-state index is 11.6. The van der Waals surface area contributed by atoms with Crippen LogP contribution in [0.25, 0.3) is 0 Å². The highest BCUT2D eigenvalue weighted by Crippen LogP contribution is 2.28. The lowest BCUT2D eigenvalue weighted by Crippen LogP contribution is -2.50. The number of carbonyl (C=O) groups is 1. The van der Waals surface area contributed by atoms with Crippen molar-refractivity contribution in [3.05, 3.63) is 0 Å². The van der Waals surface area contributed by atoms with Crippen molar-refractivity contribution >= 4 is 5.91 Å². The minimum Gasteiger partial charge on any atom is -0.326 e. The zero-order valence-corrected chi connectivity index (χ0v) is 8.95. The van der Waals surface area contributed by atoms with Crippen LogP contribution in [0.5, 0.6) is 0 Å². The fourth-order valence-electron chi connectivity index (χ4n) is 1.69. The maximum atomic E-state index is 11.6. The molecule has 1 saturated heterocycles. The van der Waals surface area contributed by atoms with Crippen molar-refractivity contribution < 1.29 is 4.79 Å². The molecule has 1 rings (SSSR count). The van der Waals surface area contributed by atoms with Gasteiger partial charge in [-0.2, -0.15) is 5.26 Å². The molecular weight excluding hydrogens is 178 g/mol. The molecule has 0 radical (unpaired) electrons. The van der Waals surface area contributed by atoms with Crippen LogP contribution in [0.3, 0.4) is 0 Å². The van der Waals surface area contributed by atoms with Crippen LogP contribution in [0.4, 0.5) is 0 Å². The first kappa shape index (κ1) is 11.0. The van der Waals surface area contributed by atoms with Gasteiger partial charge >= 0.3 is 0 Å². The summed E-state index contributed by atoms with van der Waals surface area (Å²) in [5, 5.41) is 9.14. The molecule has 0 aromatic rings. The summed E-state index contributed by atoms with van der Waals surface area (Å²) in [6.45, 7) is 6.19. The zero-order valence-electron chi connectivity index (χ0n) is 8.95. The Balaban J connectivity index is 2.92. The van der Waals surface area contributed by atoms with Crippen molar-refractivity contribution in [3.63, 3.8) is 0 Å². The first-order chi connectivity index (χ1) is 6.41. The molecular formula is C10H17N3O.